The number of nitrogens with two attached hydrogens (primary N) is 1. The lowest BCUT2D eigenvalue weighted by molar-refractivity contribution is 0.746. The molecule has 1 aromatic heterocycles. The van der Waals surface area contributed by atoms with Crippen LogP contribution in [0.2, 0.25) is 0 Å². The summed E-state index contributed by atoms with van der Waals surface area (Å²) in [6.07, 6.45) is 3.70. The van der Waals surface area contributed by atoms with Crippen molar-refractivity contribution in [3.63, 3.8) is 0 Å². The lowest BCUT2D eigenvalue weighted by atomic mass is 9.92. The molecule has 0 aliphatic heterocycles. The van der Waals surface area contributed by atoms with E-state index in [1.54, 1.807) is 0 Å². The van der Waals surface area contributed by atoms with Crippen LogP contribution in [0.4, 0.5) is 5.95 Å². The second-order valence-electron chi connectivity index (χ2n) is 7.08. The molecule has 1 heterocycles. The quantitative estimate of drug-likeness (QED) is 0.721. The summed E-state index contributed by atoms with van der Waals surface area (Å²) in [6, 6.07) is 10.5. The van der Waals surface area contributed by atoms with Gasteiger partial charge in [0.25, 0.3) is 0 Å². The van der Waals surface area contributed by atoms with E-state index in [1.165, 1.54) is 22.3 Å². The molecule has 0 fully saturated rings. The molecule has 0 bridgehead atoms. The summed E-state index contributed by atoms with van der Waals surface area (Å²) in [4.78, 5) is 13.8. The maximum absolute atomic E-state index is 6.02. The molecule has 27 heavy (non-hydrogen) atoms. The van der Waals surface area contributed by atoms with Crippen molar-refractivity contribution in [3.8, 4) is 0 Å². The van der Waals surface area contributed by atoms with Gasteiger partial charge in [-0.2, -0.15) is 0 Å². The number of nitrogen functional groups attached to an aromatic ring is 1. The summed E-state index contributed by atoms with van der Waals surface area (Å²) in [7, 11) is 0. The van der Waals surface area contributed by atoms with Gasteiger partial charge in [0.05, 0.1) is 11.4 Å². The SMILES string of the molecule is CC=N/C(CC1C(C)=C(c2ccccc2)c2c(C)nc(N)nc21)=C(/C)CC. The van der Waals surface area contributed by atoms with Crippen LogP contribution in [-0.4, -0.2) is 16.2 Å². The standard InChI is InChI=1S/C23H28N4/c1-6-14(3)19(25-7-2)13-18-15(4)20(17-11-9-8-10-12-17)21-16(5)26-23(24)27-22(18)21/h7-12,18H,6,13H2,1-5H3,(H2,24,26,27)/b19-14-,25-7?. The first-order valence-corrected chi connectivity index (χ1v) is 9.55. The van der Waals surface area contributed by atoms with E-state index in [1.807, 2.05) is 26.1 Å². The second-order valence-corrected chi connectivity index (χ2v) is 7.08. The minimum atomic E-state index is 0.166. The Morgan fingerprint density at radius 2 is 1.89 bits per heavy atom. The molecule has 1 aliphatic rings. The largest absolute Gasteiger partial charge is 0.368 e. The Morgan fingerprint density at radius 3 is 2.52 bits per heavy atom. The third-order valence-electron chi connectivity index (χ3n) is 5.40. The number of hydrogen-bond acceptors (Lipinski definition) is 4. The van der Waals surface area contributed by atoms with Gasteiger partial charge < -0.3 is 5.73 Å². The van der Waals surface area contributed by atoms with Crippen molar-refractivity contribution in [3.05, 3.63) is 69.7 Å². The highest BCUT2D eigenvalue weighted by Crippen LogP contribution is 2.48. The lowest BCUT2D eigenvalue weighted by Gasteiger charge is -2.16. The average molecular weight is 361 g/mol. The van der Waals surface area contributed by atoms with Gasteiger partial charge in [0.2, 0.25) is 5.95 Å². The number of aromatic nitrogens is 2. The number of nitrogens with zero attached hydrogens (tertiary/aromatic N) is 3. The fraction of sp³-hybridized carbons (Fsp3) is 0.348. The fourth-order valence-corrected chi connectivity index (χ4v) is 3.87. The van der Waals surface area contributed by atoms with E-state index >= 15 is 0 Å². The van der Waals surface area contributed by atoms with Gasteiger partial charge in [0.1, 0.15) is 0 Å². The van der Waals surface area contributed by atoms with Gasteiger partial charge in [-0.3, -0.25) is 4.99 Å². The van der Waals surface area contributed by atoms with Crippen molar-refractivity contribution >= 4 is 17.7 Å². The Labute approximate surface area is 162 Å². The van der Waals surface area contributed by atoms with E-state index < -0.39 is 0 Å². The van der Waals surface area contributed by atoms with Crippen LogP contribution in [0.25, 0.3) is 5.57 Å². The first kappa shape index (κ1) is 19.0. The molecule has 1 aromatic carbocycles. The van der Waals surface area contributed by atoms with Crippen LogP contribution in [-0.2, 0) is 0 Å². The van der Waals surface area contributed by atoms with Crippen molar-refractivity contribution in [1.29, 1.82) is 0 Å². The number of allylic oxidation sites excluding steroid dienone is 3. The molecule has 2 aromatic rings. The zero-order valence-electron chi connectivity index (χ0n) is 16.9. The highest BCUT2D eigenvalue weighted by Gasteiger charge is 2.33. The molecule has 0 saturated heterocycles. The zero-order chi connectivity index (χ0) is 19.6. The highest BCUT2D eigenvalue weighted by molar-refractivity contribution is 5.88. The van der Waals surface area contributed by atoms with E-state index in [2.05, 4.69) is 60.0 Å². The van der Waals surface area contributed by atoms with Crippen molar-refractivity contribution in [1.82, 2.24) is 9.97 Å². The molecule has 4 nitrogen and oxygen atoms in total. The Morgan fingerprint density at radius 1 is 1.19 bits per heavy atom. The second kappa shape index (κ2) is 7.87. The van der Waals surface area contributed by atoms with E-state index in [9.17, 15) is 0 Å². The predicted molar refractivity (Wildman–Crippen MR) is 114 cm³/mol. The lowest BCUT2D eigenvalue weighted by Crippen LogP contribution is -2.07. The summed E-state index contributed by atoms with van der Waals surface area (Å²) in [5.41, 5.74) is 15.3. The molecular formula is C23H28N4. The maximum Gasteiger partial charge on any atom is 0.220 e. The molecule has 0 saturated carbocycles. The van der Waals surface area contributed by atoms with Crippen LogP contribution in [0.5, 0.6) is 0 Å². The molecular weight excluding hydrogens is 332 g/mol. The number of aryl methyl sites for hydroxylation is 1. The maximum atomic E-state index is 6.02. The van der Waals surface area contributed by atoms with Gasteiger partial charge in [0, 0.05) is 29.8 Å². The molecule has 1 unspecified atom stereocenters. The van der Waals surface area contributed by atoms with Crippen LogP contribution >= 0.6 is 0 Å². The van der Waals surface area contributed by atoms with Gasteiger partial charge >= 0.3 is 0 Å². The van der Waals surface area contributed by atoms with Crippen LogP contribution in [0.15, 0.2) is 52.2 Å². The van der Waals surface area contributed by atoms with Crippen LogP contribution in [0, 0.1) is 6.92 Å². The van der Waals surface area contributed by atoms with Gasteiger partial charge in [-0.05, 0) is 45.3 Å². The summed E-state index contributed by atoms with van der Waals surface area (Å²) in [5.74, 6) is 0.509. The number of fused-ring (bicyclic) bond motifs is 1. The summed E-state index contributed by atoms with van der Waals surface area (Å²) >= 11 is 0. The number of benzene rings is 1. The summed E-state index contributed by atoms with van der Waals surface area (Å²) in [6.45, 7) is 10.5. The van der Waals surface area contributed by atoms with Crippen LogP contribution in [0.3, 0.4) is 0 Å². The Bertz CT molecular complexity index is 936. The van der Waals surface area contributed by atoms with Crippen molar-refractivity contribution < 1.29 is 0 Å². The predicted octanol–water partition coefficient (Wildman–Crippen LogP) is 5.45. The van der Waals surface area contributed by atoms with E-state index in [4.69, 9.17) is 5.73 Å². The Kier molecular flexibility index (Phi) is 5.54. The van der Waals surface area contributed by atoms with E-state index in [-0.39, 0.29) is 5.92 Å². The highest BCUT2D eigenvalue weighted by atomic mass is 15.0. The Balaban J connectivity index is 2.19. The third kappa shape index (κ3) is 3.57. The first-order valence-electron chi connectivity index (χ1n) is 9.55. The molecule has 1 atom stereocenters. The van der Waals surface area contributed by atoms with Crippen molar-refractivity contribution in [2.45, 2.75) is 53.4 Å². The van der Waals surface area contributed by atoms with Gasteiger partial charge in [-0.15, -0.1) is 0 Å². The minimum Gasteiger partial charge on any atom is -0.368 e. The number of anilines is 1. The molecule has 0 radical (unpaired) electrons. The van der Waals surface area contributed by atoms with Gasteiger partial charge in [-0.1, -0.05) is 48.4 Å². The van der Waals surface area contributed by atoms with Crippen LogP contribution in [0.1, 0.15) is 69.0 Å². The fourth-order valence-electron chi connectivity index (χ4n) is 3.87. The topological polar surface area (TPSA) is 64.2 Å². The minimum absolute atomic E-state index is 0.166. The van der Waals surface area contributed by atoms with Gasteiger partial charge in [0.15, 0.2) is 0 Å². The molecule has 4 heteroatoms. The van der Waals surface area contributed by atoms with Crippen molar-refractivity contribution in [2.75, 3.05) is 5.73 Å². The normalized spacial score (nSPS) is 17.4. The zero-order valence-corrected chi connectivity index (χ0v) is 16.9. The molecule has 2 N–H and O–H groups in total. The first-order chi connectivity index (χ1) is 13.0. The van der Waals surface area contributed by atoms with Crippen molar-refractivity contribution in [2.24, 2.45) is 4.99 Å². The van der Waals surface area contributed by atoms with E-state index in [0.29, 0.717) is 5.95 Å². The molecule has 3 rings (SSSR count). The number of rotatable bonds is 5. The van der Waals surface area contributed by atoms with E-state index in [0.717, 1.165) is 35.5 Å². The molecule has 0 spiro atoms. The number of hydrogen-bond donors (Lipinski definition) is 1. The monoisotopic (exact) mass is 360 g/mol. The molecule has 0 amide bonds. The molecule has 1 aliphatic carbocycles. The van der Waals surface area contributed by atoms with Gasteiger partial charge in [-0.25, -0.2) is 9.97 Å². The smallest absolute Gasteiger partial charge is 0.220 e. The number of aliphatic imine (C=N–C) groups is 1. The summed E-state index contributed by atoms with van der Waals surface area (Å²) in [5, 5.41) is 0. The third-order valence-corrected chi connectivity index (χ3v) is 5.40. The average Bonchev–Trinajstić information content (AvgIpc) is 2.93. The summed E-state index contributed by atoms with van der Waals surface area (Å²) < 4.78 is 0. The molecule has 140 valence electrons. The van der Waals surface area contributed by atoms with Crippen LogP contribution < -0.4 is 5.73 Å². The Hall–Kier alpha value is -2.75.